The summed E-state index contributed by atoms with van der Waals surface area (Å²) in [5.41, 5.74) is 6.40. The van der Waals surface area contributed by atoms with Crippen molar-refractivity contribution in [2.45, 2.75) is 6.92 Å². The number of nitrogens with two attached hydrogens (primary N) is 1. The monoisotopic (exact) mass is 297 g/mol. The number of halogens is 1. The molecule has 17 heavy (non-hydrogen) atoms. The molecular formula is C9H8BrN5O2. The van der Waals surface area contributed by atoms with Crippen molar-refractivity contribution >= 4 is 27.4 Å². The van der Waals surface area contributed by atoms with Gasteiger partial charge in [0.05, 0.1) is 10.6 Å². The maximum absolute atomic E-state index is 11.0. The number of rotatable bonds is 2. The standard InChI is InChI=1S/C9H8BrN5O2/c1-5-9(11)12-13-14(5)7-3-2-6(10)4-8(7)15(16)17/h2-4H,11H2,1H3. The number of anilines is 1. The number of hydrogen-bond donors (Lipinski definition) is 1. The zero-order chi connectivity index (χ0) is 12.6. The molecule has 0 spiro atoms. The number of nitro groups is 1. The summed E-state index contributed by atoms with van der Waals surface area (Å²) in [4.78, 5) is 10.5. The van der Waals surface area contributed by atoms with E-state index < -0.39 is 4.92 Å². The lowest BCUT2D eigenvalue weighted by atomic mass is 10.2. The van der Waals surface area contributed by atoms with E-state index in [1.165, 1.54) is 10.7 Å². The highest BCUT2D eigenvalue weighted by molar-refractivity contribution is 9.10. The molecule has 0 atom stereocenters. The highest BCUT2D eigenvalue weighted by Crippen LogP contribution is 2.27. The molecule has 1 aromatic heterocycles. The van der Waals surface area contributed by atoms with Gasteiger partial charge in [-0.05, 0) is 19.1 Å². The molecule has 0 aliphatic heterocycles. The molecule has 2 aromatic rings. The first-order valence-electron chi connectivity index (χ1n) is 4.63. The molecule has 0 radical (unpaired) electrons. The molecular weight excluding hydrogens is 290 g/mol. The van der Waals surface area contributed by atoms with E-state index in [-0.39, 0.29) is 11.5 Å². The molecule has 1 aromatic carbocycles. The van der Waals surface area contributed by atoms with E-state index in [0.717, 1.165) is 0 Å². The fourth-order valence-corrected chi connectivity index (χ4v) is 1.74. The second kappa shape index (κ2) is 4.13. The molecule has 0 aliphatic carbocycles. The first kappa shape index (κ1) is 11.5. The van der Waals surface area contributed by atoms with E-state index in [1.807, 2.05) is 0 Å². The van der Waals surface area contributed by atoms with Crippen molar-refractivity contribution in [1.29, 1.82) is 0 Å². The van der Waals surface area contributed by atoms with Gasteiger partial charge in [0, 0.05) is 10.5 Å². The summed E-state index contributed by atoms with van der Waals surface area (Å²) in [6, 6.07) is 4.69. The van der Waals surface area contributed by atoms with E-state index in [9.17, 15) is 10.1 Å². The number of hydrogen-bond acceptors (Lipinski definition) is 5. The van der Waals surface area contributed by atoms with Crippen molar-refractivity contribution in [3.05, 3.63) is 38.5 Å². The first-order chi connectivity index (χ1) is 8.00. The van der Waals surface area contributed by atoms with Crippen molar-refractivity contribution in [3.63, 3.8) is 0 Å². The Kier molecular flexibility index (Phi) is 2.80. The quantitative estimate of drug-likeness (QED) is 0.673. The Morgan fingerprint density at radius 3 is 2.76 bits per heavy atom. The summed E-state index contributed by atoms with van der Waals surface area (Å²) in [5.74, 6) is 0.252. The van der Waals surface area contributed by atoms with Gasteiger partial charge >= 0.3 is 0 Å². The first-order valence-corrected chi connectivity index (χ1v) is 5.42. The number of nitrogens with zero attached hydrogens (tertiary/aromatic N) is 4. The van der Waals surface area contributed by atoms with Gasteiger partial charge in [-0.3, -0.25) is 10.1 Å². The minimum Gasteiger partial charge on any atom is -0.381 e. The lowest BCUT2D eigenvalue weighted by molar-refractivity contribution is -0.384. The van der Waals surface area contributed by atoms with Crippen LogP contribution in [-0.2, 0) is 0 Å². The van der Waals surface area contributed by atoms with Crippen molar-refractivity contribution in [3.8, 4) is 5.69 Å². The van der Waals surface area contributed by atoms with Crippen LogP contribution in [0.15, 0.2) is 22.7 Å². The van der Waals surface area contributed by atoms with Gasteiger partial charge in [-0.25, -0.2) is 4.68 Å². The van der Waals surface area contributed by atoms with Crippen molar-refractivity contribution < 1.29 is 4.92 Å². The van der Waals surface area contributed by atoms with Crippen molar-refractivity contribution in [2.24, 2.45) is 0 Å². The van der Waals surface area contributed by atoms with Crippen LogP contribution >= 0.6 is 15.9 Å². The minimum absolute atomic E-state index is 0.0626. The van der Waals surface area contributed by atoms with E-state index in [2.05, 4.69) is 26.2 Å². The van der Waals surface area contributed by atoms with Gasteiger partial charge in [0.2, 0.25) is 0 Å². The van der Waals surface area contributed by atoms with Crippen LogP contribution in [0.1, 0.15) is 5.69 Å². The van der Waals surface area contributed by atoms with Crippen LogP contribution < -0.4 is 5.73 Å². The second-order valence-electron chi connectivity index (χ2n) is 3.36. The number of nitro benzene ring substituents is 1. The molecule has 0 unspecified atom stereocenters. The molecule has 2 rings (SSSR count). The molecule has 0 saturated heterocycles. The molecule has 0 fully saturated rings. The number of nitrogen functional groups attached to an aromatic ring is 1. The lowest BCUT2D eigenvalue weighted by Gasteiger charge is -2.04. The predicted molar refractivity (Wildman–Crippen MR) is 64.9 cm³/mol. The van der Waals surface area contributed by atoms with Crippen LogP contribution in [0.4, 0.5) is 11.5 Å². The summed E-state index contributed by atoms with van der Waals surface area (Å²) in [6.07, 6.45) is 0. The van der Waals surface area contributed by atoms with Crippen molar-refractivity contribution in [2.75, 3.05) is 5.73 Å². The Labute approximate surface area is 105 Å². The SMILES string of the molecule is Cc1c(N)nnn1-c1ccc(Br)cc1[N+](=O)[O-]. The highest BCUT2D eigenvalue weighted by atomic mass is 79.9. The summed E-state index contributed by atoms with van der Waals surface area (Å²) < 4.78 is 1.97. The van der Waals surface area contributed by atoms with E-state index in [0.29, 0.717) is 15.9 Å². The van der Waals surface area contributed by atoms with Gasteiger partial charge in [0.1, 0.15) is 5.69 Å². The average molecular weight is 298 g/mol. The van der Waals surface area contributed by atoms with Gasteiger partial charge < -0.3 is 5.73 Å². The maximum Gasteiger partial charge on any atom is 0.296 e. The second-order valence-corrected chi connectivity index (χ2v) is 4.28. The average Bonchev–Trinajstić information content (AvgIpc) is 2.60. The maximum atomic E-state index is 11.0. The molecule has 8 heteroatoms. The molecule has 88 valence electrons. The smallest absolute Gasteiger partial charge is 0.296 e. The van der Waals surface area contributed by atoms with E-state index in [1.54, 1.807) is 19.1 Å². The van der Waals surface area contributed by atoms with Gasteiger partial charge in [-0.1, -0.05) is 21.1 Å². The Morgan fingerprint density at radius 2 is 2.24 bits per heavy atom. The number of aromatic nitrogens is 3. The highest BCUT2D eigenvalue weighted by Gasteiger charge is 2.19. The zero-order valence-electron chi connectivity index (χ0n) is 8.79. The summed E-state index contributed by atoms with van der Waals surface area (Å²) in [5, 5.41) is 18.4. The molecule has 7 nitrogen and oxygen atoms in total. The van der Waals surface area contributed by atoms with Crippen LogP contribution in [0.2, 0.25) is 0 Å². The third-order valence-electron chi connectivity index (χ3n) is 2.29. The minimum atomic E-state index is -0.475. The molecule has 2 N–H and O–H groups in total. The molecule has 0 bridgehead atoms. The van der Waals surface area contributed by atoms with Gasteiger partial charge in [-0.2, -0.15) is 0 Å². The third kappa shape index (κ3) is 1.98. The molecule has 0 amide bonds. The van der Waals surface area contributed by atoms with Gasteiger partial charge in [0.15, 0.2) is 5.82 Å². The zero-order valence-corrected chi connectivity index (χ0v) is 10.4. The van der Waals surface area contributed by atoms with Crippen LogP contribution in [0.3, 0.4) is 0 Å². The van der Waals surface area contributed by atoms with Gasteiger partial charge in [-0.15, -0.1) is 5.10 Å². The van der Waals surface area contributed by atoms with Crippen LogP contribution in [0.5, 0.6) is 0 Å². The summed E-state index contributed by atoms with van der Waals surface area (Å²) >= 11 is 3.19. The van der Waals surface area contributed by atoms with Crippen molar-refractivity contribution in [1.82, 2.24) is 15.0 Å². The number of benzene rings is 1. The third-order valence-corrected chi connectivity index (χ3v) is 2.79. The van der Waals surface area contributed by atoms with Crippen LogP contribution in [0.25, 0.3) is 5.69 Å². The lowest BCUT2D eigenvalue weighted by Crippen LogP contribution is -2.04. The molecule has 0 saturated carbocycles. The fourth-order valence-electron chi connectivity index (χ4n) is 1.39. The Morgan fingerprint density at radius 1 is 1.53 bits per heavy atom. The fraction of sp³-hybridized carbons (Fsp3) is 0.111. The van der Waals surface area contributed by atoms with Crippen LogP contribution in [0, 0.1) is 17.0 Å². The van der Waals surface area contributed by atoms with E-state index in [4.69, 9.17) is 5.73 Å². The summed E-state index contributed by atoms with van der Waals surface area (Å²) in [6.45, 7) is 1.70. The molecule has 1 heterocycles. The van der Waals surface area contributed by atoms with Crippen LogP contribution in [-0.4, -0.2) is 19.9 Å². The largest absolute Gasteiger partial charge is 0.381 e. The Hall–Kier alpha value is -1.96. The Bertz CT molecular complexity index is 595. The molecule has 0 aliphatic rings. The predicted octanol–water partition coefficient (Wildman–Crippen LogP) is 1.83. The Balaban J connectivity index is 2.67. The normalized spacial score (nSPS) is 10.5. The van der Waals surface area contributed by atoms with E-state index >= 15 is 0 Å². The summed E-state index contributed by atoms with van der Waals surface area (Å²) in [7, 11) is 0. The topological polar surface area (TPSA) is 99.9 Å². The van der Waals surface area contributed by atoms with Gasteiger partial charge in [0.25, 0.3) is 5.69 Å².